The number of carbonyl (C=O) groups excluding carboxylic acids is 1. The van der Waals surface area contributed by atoms with Crippen molar-refractivity contribution >= 4 is 11.6 Å². The normalized spacial score (nSPS) is 17.0. The fourth-order valence-corrected chi connectivity index (χ4v) is 3.54. The second kappa shape index (κ2) is 8.71. The third-order valence-electron chi connectivity index (χ3n) is 4.97. The van der Waals surface area contributed by atoms with Gasteiger partial charge < -0.3 is 14.5 Å². The number of nitrogens with zero attached hydrogens (tertiary/aromatic N) is 3. The van der Waals surface area contributed by atoms with Crippen molar-refractivity contribution in [3.63, 3.8) is 0 Å². The van der Waals surface area contributed by atoms with Crippen LogP contribution in [-0.2, 0) is 10.9 Å². The van der Waals surface area contributed by atoms with Crippen LogP contribution < -0.4 is 4.90 Å². The van der Waals surface area contributed by atoms with Crippen LogP contribution in [0.15, 0.2) is 42.5 Å². The van der Waals surface area contributed by atoms with Crippen molar-refractivity contribution in [2.24, 2.45) is 0 Å². The molecule has 2 aromatic carbocycles. The standard InChI is InChI=1S/C21H19F4N3O2/c1-30-13-18-12-27(17-6-5-15(11-26)19(10-17)21(23,24)25)7-8-28(18)20(29)14-3-2-4-16(22)9-14/h2-6,9-10,18H,7-8,12-13H2,1H3. The van der Waals surface area contributed by atoms with Gasteiger partial charge in [-0.1, -0.05) is 6.07 Å². The smallest absolute Gasteiger partial charge is 0.382 e. The maximum Gasteiger partial charge on any atom is 0.417 e. The molecule has 1 aliphatic heterocycles. The van der Waals surface area contributed by atoms with Crippen molar-refractivity contribution in [3.05, 3.63) is 65.0 Å². The second-order valence-corrected chi connectivity index (χ2v) is 6.90. The van der Waals surface area contributed by atoms with Crippen LogP contribution in [0, 0.1) is 17.1 Å². The minimum Gasteiger partial charge on any atom is -0.382 e. The Labute approximate surface area is 171 Å². The number of hydrogen-bond donors (Lipinski definition) is 0. The molecule has 1 unspecified atom stereocenters. The Morgan fingerprint density at radius 3 is 2.63 bits per heavy atom. The molecule has 0 aromatic heterocycles. The number of hydrogen-bond acceptors (Lipinski definition) is 4. The van der Waals surface area contributed by atoms with E-state index in [1.54, 1.807) is 15.9 Å². The summed E-state index contributed by atoms with van der Waals surface area (Å²) in [6.07, 6.45) is -4.65. The number of benzene rings is 2. The molecule has 5 nitrogen and oxygen atoms in total. The first-order valence-electron chi connectivity index (χ1n) is 9.16. The van der Waals surface area contributed by atoms with Crippen LogP contribution >= 0.6 is 0 Å². The number of anilines is 1. The highest BCUT2D eigenvalue weighted by Crippen LogP contribution is 2.35. The van der Waals surface area contributed by atoms with Crippen LogP contribution in [0.3, 0.4) is 0 Å². The molecule has 0 bridgehead atoms. The largest absolute Gasteiger partial charge is 0.417 e. The Hall–Kier alpha value is -3.12. The van der Waals surface area contributed by atoms with Gasteiger partial charge >= 0.3 is 6.18 Å². The summed E-state index contributed by atoms with van der Waals surface area (Å²) in [6, 6.07) is 10.0. The van der Waals surface area contributed by atoms with E-state index in [2.05, 4.69) is 0 Å². The van der Waals surface area contributed by atoms with E-state index < -0.39 is 29.2 Å². The highest BCUT2D eigenvalue weighted by molar-refractivity contribution is 5.94. The molecule has 1 atom stereocenters. The van der Waals surface area contributed by atoms with Crippen molar-refractivity contribution in [1.29, 1.82) is 5.26 Å². The van der Waals surface area contributed by atoms with Crippen molar-refractivity contribution in [3.8, 4) is 6.07 Å². The molecule has 30 heavy (non-hydrogen) atoms. The fraction of sp³-hybridized carbons (Fsp3) is 0.333. The first-order valence-corrected chi connectivity index (χ1v) is 9.16. The Balaban J connectivity index is 1.85. The number of carbonyl (C=O) groups is 1. The molecule has 2 aromatic rings. The van der Waals surface area contributed by atoms with E-state index in [4.69, 9.17) is 10.00 Å². The quantitative estimate of drug-likeness (QED) is 0.707. The Morgan fingerprint density at radius 2 is 2.00 bits per heavy atom. The number of halogens is 4. The zero-order valence-electron chi connectivity index (χ0n) is 16.1. The van der Waals surface area contributed by atoms with Gasteiger partial charge in [0.15, 0.2) is 0 Å². The number of rotatable bonds is 4. The molecule has 1 aliphatic rings. The Morgan fingerprint density at radius 1 is 1.23 bits per heavy atom. The number of nitriles is 1. The minimum atomic E-state index is -4.65. The molecule has 9 heteroatoms. The van der Waals surface area contributed by atoms with Gasteiger partial charge in [0, 0.05) is 38.0 Å². The van der Waals surface area contributed by atoms with Crippen LogP contribution in [-0.4, -0.2) is 50.2 Å². The average molecular weight is 421 g/mol. The van der Waals surface area contributed by atoms with Gasteiger partial charge in [0.1, 0.15) is 5.82 Å². The van der Waals surface area contributed by atoms with Crippen LogP contribution in [0.4, 0.5) is 23.2 Å². The lowest BCUT2D eigenvalue weighted by atomic mass is 10.0. The van der Waals surface area contributed by atoms with E-state index in [0.29, 0.717) is 5.69 Å². The van der Waals surface area contributed by atoms with Gasteiger partial charge in [-0.3, -0.25) is 4.79 Å². The van der Waals surface area contributed by atoms with Crippen molar-refractivity contribution < 1.29 is 27.1 Å². The predicted octanol–water partition coefficient (Wildman–Crippen LogP) is 3.69. The first kappa shape index (κ1) is 21.6. The van der Waals surface area contributed by atoms with E-state index in [-0.39, 0.29) is 37.7 Å². The van der Waals surface area contributed by atoms with Gasteiger partial charge in [-0.15, -0.1) is 0 Å². The Kier molecular flexibility index (Phi) is 6.27. The SMILES string of the molecule is COCC1CN(c2ccc(C#N)c(C(F)(F)F)c2)CCN1C(=O)c1cccc(F)c1. The van der Waals surface area contributed by atoms with E-state index in [0.717, 1.165) is 18.2 Å². The summed E-state index contributed by atoms with van der Waals surface area (Å²) in [7, 11) is 1.47. The number of amides is 1. The average Bonchev–Trinajstić information content (AvgIpc) is 2.72. The highest BCUT2D eigenvalue weighted by atomic mass is 19.4. The molecule has 1 fully saturated rings. The van der Waals surface area contributed by atoms with Crippen LogP contribution in [0.1, 0.15) is 21.5 Å². The topological polar surface area (TPSA) is 56.6 Å². The predicted molar refractivity (Wildman–Crippen MR) is 101 cm³/mol. The lowest BCUT2D eigenvalue weighted by Crippen LogP contribution is -2.57. The number of methoxy groups -OCH3 is 1. The summed E-state index contributed by atoms with van der Waals surface area (Å²) in [4.78, 5) is 16.1. The molecule has 0 radical (unpaired) electrons. The van der Waals surface area contributed by atoms with Crippen molar-refractivity contribution in [2.45, 2.75) is 12.2 Å². The van der Waals surface area contributed by atoms with Crippen LogP contribution in [0.2, 0.25) is 0 Å². The molecular formula is C21H19F4N3O2. The molecule has 1 saturated heterocycles. The van der Waals surface area contributed by atoms with E-state index in [1.165, 1.54) is 31.4 Å². The zero-order valence-corrected chi connectivity index (χ0v) is 16.1. The molecule has 3 rings (SSSR count). The third-order valence-corrected chi connectivity index (χ3v) is 4.97. The van der Waals surface area contributed by atoms with Crippen LogP contribution in [0.5, 0.6) is 0 Å². The summed E-state index contributed by atoms with van der Waals surface area (Å²) >= 11 is 0. The Bertz CT molecular complexity index is 971. The number of piperazine rings is 1. The molecule has 1 amide bonds. The lowest BCUT2D eigenvalue weighted by molar-refractivity contribution is -0.137. The molecule has 0 spiro atoms. The number of ether oxygens (including phenoxy) is 1. The maximum atomic E-state index is 13.5. The molecule has 0 aliphatic carbocycles. The first-order chi connectivity index (χ1) is 14.2. The van der Waals surface area contributed by atoms with Gasteiger partial charge in [-0.25, -0.2) is 4.39 Å². The summed E-state index contributed by atoms with van der Waals surface area (Å²) < 4.78 is 58.6. The van der Waals surface area contributed by atoms with E-state index in [1.807, 2.05) is 0 Å². The number of alkyl halides is 3. The van der Waals surface area contributed by atoms with Crippen molar-refractivity contribution in [1.82, 2.24) is 4.90 Å². The monoisotopic (exact) mass is 421 g/mol. The van der Waals surface area contributed by atoms with Gasteiger partial charge in [0.2, 0.25) is 0 Å². The van der Waals surface area contributed by atoms with E-state index >= 15 is 0 Å². The fourth-order valence-electron chi connectivity index (χ4n) is 3.54. The molecule has 0 saturated carbocycles. The van der Waals surface area contributed by atoms with E-state index in [9.17, 15) is 22.4 Å². The third kappa shape index (κ3) is 4.54. The summed E-state index contributed by atoms with van der Waals surface area (Å²) in [5, 5.41) is 8.97. The second-order valence-electron chi connectivity index (χ2n) is 6.90. The van der Waals surface area contributed by atoms with Gasteiger partial charge in [0.05, 0.1) is 29.8 Å². The molecule has 1 heterocycles. The molecule has 0 N–H and O–H groups in total. The molecule has 158 valence electrons. The van der Waals surface area contributed by atoms with Gasteiger partial charge in [0.25, 0.3) is 5.91 Å². The van der Waals surface area contributed by atoms with Gasteiger partial charge in [-0.2, -0.15) is 18.4 Å². The lowest BCUT2D eigenvalue weighted by Gasteiger charge is -2.42. The van der Waals surface area contributed by atoms with Crippen molar-refractivity contribution in [2.75, 3.05) is 38.3 Å². The summed E-state index contributed by atoms with van der Waals surface area (Å²) in [5.74, 6) is -0.896. The van der Waals surface area contributed by atoms with Crippen LogP contribution in [0.25, 0.3) is 0 Å². The van der Waals surface area contributed by atoms with Gasteiger partial charge in [-0.05, 0) is 36.4 Å². The zero-order chi connectivity index (χ0) is 21.9. The molecular weight excluding hydrogens is 402 g/mol. The summed E-state index contributed by atoms with van der Waals surface area (Å²) in [6.45, 7) is 0.910. The highest BCUT2D eigenvalue weighted by Gasteiger charge is 2.36. The minimum absolute atomic E-state index is 0.167. The summed E-state index contributed by atoms with van der Waals surface area (Å²) in [5.41, 5.74) is -0.939. The maximum absolute atomic E-state index is 13.5.